The van der Waals surface area contributed by atoms with E-state index in [1.165, 1.54) is 0 Å². The number of aryl methyl sites for hydroxylation is 1. The van der Waals surface area contributed by atoms with Gasteiger partial charge in [0.15, 0.2) is 0 Å². The minimum absolute atomic E-state index is 0.103. The molecule has 3 heteroatoms. The Morgan fingerprint density at radius 3 is 3.00 bits per heavy atom. The fourth-order valence-corrected chi connectivity index (χ4v) is 2.31. The van der Waals surface area contributed by atoms with Crippen molar-refractivity contribution >= 4 is 21.4 Å². The Kier molecular flexibility index (Phi) is 2.79. The van der Waals surface area contributed by atoms with Crippen molar-refractivity contribution in [1.82, 2.24) is 0 Å². The van der Waals surface area contributed by atoms with Crippen LogP contribution in [0.25, 0.3) is 10.1 Å². The maximum atomic E-state index is 13.5. The molecule has 0 bridgehead atoms. The molecule has 2 rings (SSSR count). The first-order valence-electron chi connectivity index (χ1n) is 4.67. The summed E-state index contributed by atoms with van der Waals surface area (Å²) in [7, 11) is 0. The molecule has 1 aromatic carbocycles. The first kappa shape index (κ1) is 9.62. The second-order valence-corrected chi connectivity index (χ2v) is 4.24. The molecule has 2 N–H and O–H groups in total. The monoisotopic (exact) mass is 209 g/mol. The van der Waals surface area contributed by atoms with Gasteiger partial charge in [-0.1, -0.05) is 0 Å². The highest BCUT2D eigenvalue weighted by atomic mass is 32.1. The summed E-state index contributed by atoms with van der Waals surface area (Å²) in [6.45, 7) is 0.612. The second kappa shape index (κ2) is 4.07. The van der Waals surface area contributed by atoms with Gasteiger partial charge in [0.2, 0.25) is 0 Å². The maximum Gasteiger partial charge on any atom is 0.127 e. The molecule has 1 nitrogen and oxygen atoms in total. The van der Waals surface area contributed by atoms with Gasteiger partial charge in [0.1, 0.15) is 5.82 Å². The van der Waals surface area contributed by atoms with Gasteiger partial charge in [-0.25, -0.2) is 4.39 Å². The van der Waals surface area contributed by atoms with Crippen LogP contribution in [0.2, 0.25) is 0 Å². The first-order chi connectivity index (χ1) is 6.81. The molecule has 1 aromatic heterocycles. The van der Waals surface area contributed by atoms with Crippen LogP contribution in [0.5, 0.6) is 0 Å². The van der Waals surface area contributed by atoms with E-state index in [4.69, 9.17) is 5.73 Å². The largest absolute Gasteiger partial charge is 0.330 e. The number of thiophene rings is 1. The lowest BCUT2D eigenvalue weighted by molar-refractivity contribution is 0.607. The summed E-state index contributed by atoms with van der Waals surface area (Å²) >= 11 is 1.57. The van der Waals surface area contributed by atoms with Crippen molar-refractivity contribution in [2.24, 2.45) is 5.73 Å². The van der Waals surface area contributed by atoms with E-state index >= 15 is 0 Å². The minimum atomic E-state index is -0.103. The predicted octanol–water partition coefficient (Wildman–Crippen LogP) is 2.93. The zero-order valence-corrected chi connectivity index (χ0v) is 8.61. The highest BCUT2D eigenvalue weighted by Gasteiger charge is 2.04. The normalized spacial score (nSPS) is 11.0. The molecule has 0 fully saturated rings. The maximum absolute atomic E-state index is 13.5. The van der Waals surface area contributed by atoms with Gasteiger partial charge in [0.05, 0.1) is 0 Å². The van der Waals surface area contributed by atoms with Crippen molar-refractivity contribution in [3.8, 4) is 0 Å². The molecule has 1 heterocycles. The Hall–Kier alpha value is -0.930. The minimum Gasteiger partial charge on any atom is -0.330 e. The fourth-order valence-electron chi connectivity index (χ4n) is 1.52. The Labute approximate surface area is 86.4 Å². The molecule has 74 valence electrons. The summed E-state index contributed by atoms with van der Waals surface area (Å²) in [4.78, 5) is 0. The number of hydrogen-bond donors (Lipinski definition) is 1. The molecule has 0 spiro atoms. The van der Waals surface area contributed by atoms with Crippen molar-refractivity contribution in [2.45, 2.75) is 12.8 Å². The van der Waals surface area contributed by atoms with Crippen LogP contribution >= 0.6 is 11.3 Å². The average Bonchev–Trinajstić information content (AvgIpc) is 2.61. The number of hydrogen-bond acceptors (Lipinski definition) is 2. The van der Waals surface area contributed by atoms with Crippen LogP contribution in [-0.4, -0.2) is 6.54 Å². The molecular formula is C11H12FNS. The molecule has 2 aromatic rings. The van der Waals surface area contributed by atoms with Crippen LogP contribution in [0.15, 0.2) is 23.6 Å². The van der Waals surface area contributed by atoms with Crippen molar-refractivity contribution in [1.29, 1.82) is 0 Å². The predicted molar refractivity (Wildman–Crippen MR) is 59.2 cm³/mol. The van der Waals surface area contributed by atoms with E-state index in [-0.39, 0.29) is 5.82 Å². The standard InChI is InChI=1S/C11H12FNS/c12-10-7-11-9(3-5-14-11)6-8(10)2-1-4-13/h3,5-7H,1-2,4,13H2. The van der Waals surface area contributed by atoms with Gasteiger partial charge in [-0.2, -0.15) is 0 Å². The summed E-state index contributed by atoms with van der Waals surface area (Å²) in [6, 6.07) is 5.56. The third-order valence-electron chi connectivity index (χ3n) is 2.27. The highest BCUT2D eigenvalue weighted by Crippen LogP contribution is 2.24. The van der Waals surface area contributed by atoms with E-state index in [1.54, 1.807) is 17.4 Å². The van der Waals surface area contributed by atoms with Crippen molar-refractivity contribution in [3.63, 3.8) is 0 Å². The van der Waals surface area contributed by atoms with Crippen molar-refractivity contribution < 1.29 is 4.39 Å². The SMILES string of the molecule is NCCCc1cc2ccsc2cc1F. The number of rotatable bonds is 3. The summed E-state index contributed by atoms with van der Waals surface area (Å²) in [5.74, 6) is -0.103. The van der Waals surface area contributed by atoms with Gasteiger partial charge < -0.3 is 5.73 Å². The summed E-state index contributed by atoms with van der Waals surface area (Å²) in [5.41, 5.74) is 6.18. The topological polar surface area (TPSA) is 26.0 Å². The van der Waals surface area contributed by atoms with E-state index in [0.29, 0.717) is 6.54 Å². The smallest absolute Gasteiger partial charge is 0.127 e. The molecule has 0 unspecified atom stereocenters. The van der Waals surface area contributed by atoms with Crippen molar-refractivity contribution in [2.75, 3.05) is 6.54 Å². The third-order valence-corrected chi connectivity index (χ3v) is 3.15. The van der Waals surface area contributed by atoms with Crippen LogP contribution in [-0.2, 0) is 6.42 Å². The van der Waals surface area contributed by atoms with Crippen LogP contribution < -0.4 is 5.73 Å². The lowest BCUT2D eigenvalue weighted by Crippen LogP contribution is -2.01. The molecule has 0 amide bonds. The molecule has 0 atom stereocenters. The van der Waals surface area contributed by atoms with E-state index < -0.39 is 0 Å². The molecular weight excluding hydrogens is 197 g/mol. The number of benzene rings is 1. The third kappa shape index (κ3) is 1.79. The molecule has 0 aliphatic carbocycles. The van der Waals surface area contributed by atoms with E-state index in [9.17, 15) is 4.39 Å². The highest BCUT2D eigenvalue weighted by molar-refractivity contribution is 7.17. The molecule has 0 saturated carbocycles. The van der Waals surface area contributed by atoms with E-state index in [2.05, 4.69) is 0 Å². The summed E-state index contributed by atoms with van der Waals surface area (Å²) in [5, 5.41) is 3.11. The summed E-state index contributed by atoms with van der Waals surface area (Å²) in [6.07, 6.45) is 1.57. The first-order valence-corrected chi connectivity index (χ1v) is 5.55. The molecule has 0 saturated heterocycles. The Morgan fingerprint density at radius 2 is 2.21 bits per heavy atom. The number of fused-ring (bicyclic) bond motifs is 1. The number of halogens is 1. The molecule has 14 heavy (non-hydrogen) atoms. The lowest BCUT2D eigenvalue weighted by atomic mass is 10.1. The van der Waals surface area contributed by atoms with Crippen LogP contribution in [0.3, 0.4) is 0 Å². The Morgan fingerprint density at radius 1 is 1.36 bits per heavy atom. The van der Waals surface area contributed by atoms with Crippen LogP contribution in [0, 0.1) is 5.82 Å². The van der Waals surface area contributed by atoms with Gasteiger partial charge in [-0.05, 0) is 53.9 Å². The zero-order chi connectivity index (χ0) is 9.97. The number of nitrogens with two attached hydrogens (primary N) is 1. The Bertz CT molecular complexity index is 436. The van der Waals surface area contributed by atoms with Gasteiger partial charge in [0.25, 0.3) is 0 Å². The van der Waals surface area contributed by atoms with Crippen LogP contribution in [0.1, 0.15) is 12.0 Å². The van der Waals surface area contributed by atoms with Gasteiger partial charge in [-0.3, -0.25) is 0 Å². The molecule has 0 aliphatic heterocycles. The summed E-state index contributed by atoms with van der Waals surface area (Å²) < 4.78 is 14.5. The van der Waals surface area contributed by atoms with Gasteiger partial charge >= 0.3 is 0 Å². The van der Waals surface area contributed by atoms with Gasteiger partial charge in [-0.15, -0.1) is 11.3 Å². The van der Waals surface area contributed by atoms with E-state index in [0.717, 1.165) is 28.5 Å². The van der Waals surface area contributed by atoms with Gasteiger partial charge in [0, 0.05) is 4.70 Å². The second-order valence-electron chi connectivity index (χ2n) is 3.29. The molecule has 0 radical (unpaired) electrons. The fraction of sp³-hybridized carbons (Fsp3) is 0.273. The quantitative estimate of drug-likeness (QED) is 0.826. The lowest BCUT2D eigenvalue weighted by Gasteiger charge is -2.02. The van der Waals surface area contributed by atoms with Crippen molar-refractivity contribution in [3.05, 3.63) is 35.0 Å². The van der Waals surface area contributed by atoms with Crippen LogP contribution in [0.4, 0.5) is 4.39 Å². The Balaban J connectivity index is 2.38. The van der Waals surface area contributed by atoms with E-state index in [1.807, 2.05) is 17.5 Å². The zero-order valence-electron chi connectivity index (χ0n) is 7.79. The molecule has 0 aliphatic rings. The average molecular weight is 209 g/mol.